The SMILES string of the molecule is C[C@H](CC(=O)N[C@@H](C)CC(=O)N[C@@H](C)CC(=O)C[C@@H](CCCCN)C(=O)O)OC(=O)C[C@@H](C)OC(=O)[C@H](C)NC(=O)[C@H](CCCN=C(N)N)NC(=O)CN. The number of carbonyl (C=O) groups excluding carboxylic acids is 7. The maximum atomic E-state index is 12.8. The quantitative estimate of drug-likeness (QED) is 0.0184. The van der Waals surface area contributed by atoms with E-state index in [0.29, 0.717) is 32.2 Å². The summed E-state index contributed by atoms with van der Waals surface area (Å²) in [6, 6.07) is -3.31. The van der Waals surface area contributed by atoms with Gasteiger partial charge in [-0.25, -0.2) is 4.79 Å². The molecule has 20 nitrogen and oxygen atoms in total. The third-order valence-electron chi connectivity index (χ3n) is 7.74. The Morgan fingerprint density at radius 3 is 1.83 bits per heavy atom. The molecule has 0 aromatic rings. The number of rotatable bonds is 28. The van der Waals surface area contributed by atoms with Crippen molar-refractivity contribution >= 4 is 53.3 Å². The maximum Gasteiger partial charge on any atom is 0.328 e. The molecule has 0 spiro atoms. The lowest BCUT2D eigenvalue weighted by Crippen LogP contribution is -2.52. The van der Waals surface area contributed by atoms with Crippen LogP contribution in [-0.4, -0.2) is 114 Å². The van der Waals surface area contributed by atoms with Gasteiger partial charge in [0.25, 0.3) is 0 Å². The average molecular weight is 772 g/mol. The van der Waals surface area contributed by atoms with Crippen LogP contribution in [0.1, 0.15) is 98.8 Å². The zero-order valence-electron chi connectivity index (χ0n) is 32.0. The van der Waals surface area contributed by atoms with Gasteiger partial charge in [0.15, 0.2) is 5.96 Å². The van der Waals surface area contributed by atoms with Gasteiger partial charge in [-0.15, -0.1) is 0 Å². The predicted octanol–water partition coefficient (Wildman–Crippen LogP) is -1.79. The third-order valence-corrected chi connectivity index (χ3v) is 7.74. The summed E-state index contributed by atoms with van der Waals surface area (Å²) < 4.78 is 10.5. The minimum atomic E-state index is -1.14. The molecule has 13 N–H and O–H groups in total. The summed E-state index contributed by atoms with van der Waals surface area (Å²) in [5, 5.41) is 19.6. The van der Waals surface area contributed by atoms with Crippen molar-refractivity contribution in [3.63, 3.8) is 0 Å². The molecule has 0 rings (SSSR count). The van der Waals surface area contributed by atoms with Crippen LogP contribution >= 0.6 is 0 Å². The first kappa shape index (κ1) is 49.1. The van der Waals surface area contributed by atoms with E-state index in [-0.39, 0.29) is 63.4 Å². The molecule has 54 heavy (non-hydrogen) atoms. The number of ketones is 1. The van der Waals surface area contributed by atoms with Gasteiger partial charge in [0.2, 0.25) is 23.6 Å². The van der Waals surface area contributed by atoms with E-state index in [1.807, 2.05) is 0 Å². The van der Waals surface area contributed by atoms with Crippen molar-refractivity contribution in [2.24, 2.45) is 33.8 Å². The number of hydrogen-bond acceptors (Lipinski definition) is 13. The number of Topliss-reactive ketones (excluding diaryl/α,β-unsaturated/α-hetero) is 1. The van der Waals surface area contributed by atoms with Gasteiger partial charge < -0.3 is 58.8 Å². The molecular formula is C34H61N9O11. The number of carbonyl (C=O) groups is 8. The van der Waals surface area contributed by atoms with Gasteiger partial charge in [-0.05, 0) is 66.8 Å². The van der Waals surface area contributed by atoms with Crippen molar-refractivity contribution in [2.75, 3.05) is 19.6 Å². The Hall–Kier alpha value is -4.85. The van der Waals surface area contributed by atoms with Crippen molar-refractivity contribution in [1.29, 1.82) is 0 Å². The van der Waals surface area contributed by atoms with Gasteiger partial charge in [0.05, 0.1) is 25.3 Å². The molecule has 0 aromatic carbocycles. The summed E-state index contributed by atoms with van der Waals surface area (Å²) in [6.07, 6.45) is -0.532. The van der Waals surface area contributed by atoms with E-state index in [4.69, 9.17) is 32.4 Å². The zero-order chi connectivity index (χ0) is 41.4. The second-order valence-corrected chi connectivity index (χ2v) is 13.4. The smallest absolute Gasteiger partial charge is 0.328 e. The van der Waals surface area contributed by atoms with Crippen LogP contribution in [-0.2, 0) is 47.8 Å². The highest BCUT2D eigenvalue weighted by atomic mass is 16.6. The van der Waals surface area contributed by atoms with Gasteiger partial charge in [-0.1, -0.05) is 6.42 Å². The number of unbranched alkanes of at least 4 members (excludes halogenated alkanes) is 1. The van der Waals surface area contributed by atoms with E-state index in [2.05, 4.69) is 26.3 Å². The third kappa shape index (κ3) is 23.7. The van der Waals surface area contributed by atoms with Crippen molar-refractivity contribution < 1.29 is 52.9 Å². The molecule has 308 valence electrons. The zero-order valence-corrected chi connectivity index (χ0v) is 32.0. The number of ether oxygens (including phenoxy) is 2. The average Bonchev–Trinajstić information content (AvgIpc) is 3.04. The molecule has 0 fully saturated rings. The van der Waals surface area contributed by atoms with Crippen LogP contribution in [0.5, 0.6) is 0 Å². The Morgan fingerprint density at radius 2 is 1.26 bits per heavy atom. The highest BCUT2D eigenvalue weighted by molar-refractivity contribution is 5.91. The van der Waals surface area contributed by atoms with E-state index in [1.165, 1.54) is 20.8 Å². The number of aliphatic imine (C=N–C) groups is 1. The largest absolute Gasteiger partial charge is 0.481 e. The van der Waals surface area contributed by atoms with Crippen molar-refractivity contribution in [3.8, 4) is 0 Å². The number of nitrogens with zero attached hydrogens (tertiary/aromatic N) is 1. The van der Waals surface area contributed by atoms with E-state index in [1.54, 1.807) is 13.8 Å². The van der Waals surface area contributed by atoms with E-state index < -0.39 is 83.8 Å². The normalized spacial score (nSPS) is 14.7. The number of aliphatic carboxylic acids is 1. The van der Waals surface area contributed by atoms with Crippen molar-refractivity contribution in [1.82, 2.24) is 21.3 Å². The molecule has 0 saturated carbocycles. The number of carboxylic acids is 1. The summed E-state index contributed by atoms with van der Waals surface area (Å²) in [7, 11) is 0. The van der Waals surface area contributed by atoms with Crippen LogP contribution in [0.15, 0.2) is 4.99 Å². The molecule has 0 aliphatic carbocycles. The Bertz CT molecular complexity index is 1290. The molecular weight excluding hydrogens is 710 g/mol. The lowest BCUT2D eigenvalue weighted by molar-refractivity contribution is -0.158. The van der Waals surface area contributed by atoms with Crippen LogP contribution in [0.25, 0.3) is 0 Å². The molecule has 0 radical (unpaired) electrons. The summed E-state index contributed by atoms with van der Waals surface area (Å²) in [6.45, 7) is 7.83. The lowest BCUT2D eigenvalue weighted by atomic mass is 9.94. The standard InChI is InChI=1S/C34H61N9O11/c1-19(13-25(44)17-24(32(50)51)9-6-7-11-35)40-27(45)14-20(2)41-28(46)15-21(3)53-30(48)16-22(4)54-33(52)23(5)42-31(49)26(43-29(47)18-36)10-8-12-39-34(37)38/h19-24,26H,6-18,35-36H2,1-5H3,(H,40,45)(H,41,46)(H,42,49)(H,43,47)(H,50,51)(H4,37,38,39)/t19-,20-,21+,22+,23-,24+,26-/m0/s1. The Morgan fingerprint density at radius 1 is 0.667 bits per heavy atom. The van der Waals surface area contributed by atoms with Crippen LogP contribution in [0.3, 0.4) is 0 Å². The van der Waals surface area contributed by atoms with E-state index in [0.717, 1.165) is 0 Å². The Kier molecular flexibility index (Phi) is 24.4. The number of amides is 4. The number of guanidine groups is 1. The fraction of sp³-hybridized carbons (Fsp3) is 0.735. The lowest BCUT2D eigenvalue weighted by Gasteiger charge is -2.22. The van der Waals surface area contributed by atoms with E-state index in [9.17, 15) is 43.5 Å². The fourth-order valence-electron chi connectivity index (χ4n) is 5.15. The molecule has 0 heterocycles. The topological polar surface area (TPSA) is 340 Å². The highest BCUT2D eigenvalue weighted by Gasteiger charge is 2.27. The highest BCUT2D eigenvalue weighted by Crippen LogP contribution is 2.15. The second-order valence-electron chi connectivity index (χ2n) is 13.4. The molecule has 0 aliphatic heterocycles. The number of nitrogens with one attached hydrogen (secondary N) is 4. The molecule has 0 aromatic heterocycles. The summed E-state index contributed by atoms with van der Waals surface area (Å²) in [5.74, 6) is -6.02. The minimum absolute atomic E-state index is 0.0377. The Labute approximate surface area is 316 Å². The summed E-state index contributed by atoms with van der Waals surface area (Å²) in [4.78, 5) is 102. The number of nitrogens with two attached hydrogens (primary N) is 4. The van der Waals surface area contributed by atoms with Gasteiger partial charge in [0, 0.05) is 37.9 Å². The first-order valence-corrected chi connectivity index (χ1v) is 18.1. The molecule has 4 amide bonds. The molecule has 0 unspecified atom stereocenters. The van der Waals surface area contributed by atoms with Gasteiger partial charge in [-0.3, -0.25) is 38.6 Å². The minimum Gasteiger partial charge on any atom is -0.481 e. The van der Waals surface area contributed by atoms with Crippen molar-refractivity contribution in [3.05, 3.63) is 0 Å². The van der Waals surface area contributed by atoms with Crippen LogP contribution in [0.4, 0.5) is 0 Å². The van der Waals surface area contributed by atoms with Crippen LogP contribution in [0, 0.1) is 5.92 Å². The predicted molar refractivity (Wildman–Crippen MR) is 197 cm³/mol. The molecule has 0 aliphatic rings. The van der Waals surface area contributed by atoms with Gasteiger partial charge in [-0.2, -0.15) is 0 Å². The molecule has 0 saturated heterocycles. The molecule has 7 atom stereocenters. The number of hydrogen-bond donors (Lipinski definition) is 9. The van der Waals surface area contributed by atoms with E-state index >= 15 is 0 Å². The first-order chi connectivity index (χ1) is 25.3. The second kappa shape index (κ2) is 26.8. The maximum absolute atomic E-state index is 12.8. The summed E-state index contributed by atoms with van der Waals surface area (Å²) >= 11 is 0. The fourth-order valence-corrected chi connectivity index (χ4v) is 5.15. The summed E-state index contributed by atoms with van der Waals surface area (Å²) in [5.41, 5.74) is 21.4. The number of esters is 2. The van der Waals surface area contributed by atoms with Gasteiger partial charge in [0.1, 0.15) is 30.1 Å². The number of carboxylic acid groups (broad SMARTS) is 1. The molecule has 0 bridgehead atoms. The Balaban J connectivity index is 4.69. The van der Waals surface area contributed by atoms with Crippen molar-refractivity contribution in [2.45, 2.75) is 135 Å². The molecule has 20 heteroatoms. The van der Waals surface area contributed by atoms with Crippen LogP contribution < -0.4 is 44.2 Å². The first-order valence-electron chi connectivity index (χ1n) is 18.1. The van der Waals surface area contributed by atoms with Crippen LogP contribution in [0.2, 0.25) is 0 Å². The van der Waals surface area contributed by atoms with Gasteiger partial charge >= 0.3 is 17.9 Å². The monoisotopic (exact) mass is 771 g/mol.